The van der Waals surface area contributed by atoms with Crippen LogP contribution in [-0.4, -0.2) is 33.0 Å². The van der Waals surface area contributed by atoms with Gasteiger partial charge in [0.25, 0.3) is 5.91 Å². The molecule has 0 saturated heterocycles. The van der Waals surface area contributed by atoms with Gasteiger partial charge >= 0.3 is 5.97 Å². The van der Waals surface area contributed by atoms with E-state index in [1.54, 1.807) is 6.07 Å². The van der Waals surface area contributed by atoms with Crippen LogP contribution < -0.4 is 5.32 Å². The molecule has 0 bridgehead atoms. The van der Waals surface area contributed by atoms with Crippen molar-refractivity contribution in [1.82, 2.24) is 15.3 Å². The highest BCUT2D eigenvalue weighted by Crippen LogP contribution is 2.41. The molecule has 222 valence electrons. The maximum absolute atomic E-state index is 12.8. The number of nitrogens with one attached hydrogen (secondary N) is 1. The number of carbonyl (C=O) groups is 2. The zero-order chi connectivity index (χ0) is 29.9. The van der Waals surface area contributed by atoms with Gasteiger partial charge < -0.3 is 10.4 Å². The molecule has 2 heterocycles. The van der Waals surface area contributed by atoms with Gasteiger partial charge in [0.05, 0.1) is 4.88 Å². The molecule has 42 heavy (non-hydrogen) atoms. The minimum absolute atomic E-state index is 0.0643. The maximum Gasteiger partial charge on any atom is 0.326 e. The van der Waals surface area contributed by atoms with Crippen LogP contribution in [0.5, 0.6) is 0 Å². The Kier molecular flexibility index (Phi) is 9.26. The average Bonchev–Trinajstić information content (AvgIpc) is 3.50. The van der Waals surface area contributed by atoms with E-state index in [-0.39, 0.29) is 17.7 Å². The summed E-state index contributed by atoms with van der Waals surface area (Å²) >= 11 is 1.40. The molecule has 1 fully saturated rings. The van der Waals surface area contributed by atoms with E-state index in [0.29, 0.717) is 10.7 Å². The number of carboxylic acids is 1. The minimum atomic E-state index is -1.06. The van der Waals surface area contributed by atoms with E-state index in [2.05, 4.69) is 49.1 Å². The smallest absolute Gasteiger partial charge is 0.326 e. The molecule has 2 aliphatic carbocycles. The number of thiophene rings is 1. The van der Waals surface area contributed by atoms with E-state index in [4.69, 9.17) is 0 Å². The highest BCUT2D eigenvalue weighted by molar-refractivity contribution is 7.14. The minimum Gasteiger partial charge on any atom is -0.480 e. The van der Waals surface area contributed by atoms with Crippen LogP contribution in [0.3, 0.4) is 0 Å². The van der Waals surface area contributed by atoms with Gasteiger partial charge in [0.1, 0.15) is 6.04 Å². The van der Waals surface area contributed by atoms with E-state index < -0.39 is 12.0 Å². The Labute approximate surface area is 253 Å². The maximum atomic E-state index is 12.8. The second-order valence-corrected chi connectivity index (χ2v) is 14.3. The van der Waals surface area contributed by atoms with Crippen molar-refractivity contribution in [2.45, 2.75) is 90.5 Å². The fourth-order valence-electron chi connectivity index (χ4n) is 6.26. The van der Waals surface area contributed by atoms with E-state index in [1.165, 1.54) is 55.4 Å². The SMILES string of the molecule is CC1CCC(C2CC=C(c3cnc(-c4ccc(C[C@H](NC(=O)c5ccc(C(C)(C)C)s5)C(=O)O)cc4)nc3)CC2)CC1. The largest absolute Gasteiger partial charge is 0.480 e. The first-order chi connectivity index (χ1) is 20.1. The van der Waals surface area contributed by atoms with Crippen molar-refractivity contribution in [2.24, 2.45) is 17.8 Å². The molecule has 0 aliphatic heterocycles. The van der Waals surface area contributed by atoms with Crippen molar-refractivity contribution in [1.29, 1.82) is 0 Å². The Morgan fingerprint density at radius 3 is 2.21 bits per heavy atom. The van der Waals surface area contributed by atoms with Crippen LogP contribution in [0.25, 0.3) is 17.0 Å². The molecular weight excluding hydrogens is 542 g/mol. The lowest BCUT2D eigenvalue weighted by Gasteiger charge is -2.34. The number of carbonyl (C=O) groups excluding carboxylic acids is 1. The standard InChI is InChI=1S/C35H43N3O3S/c1-22-5-9-24(10-6-22)25-13-15-26(16-14-25)28-20-36-32(37-21-28)27-11-7-23(8-12-27)19-29(34(40)41)38-33(39)30-17-18-31(42-30)35(2,3)4/h7-8,11-12,15,17-18,20-22,24-25,29H,5-6,9-10,13-14,16,19H2,1-4H3,(H,38,39)(H,40,41)/t22?,24?,25?,29-/m0/s1. The van der Waals surface area contributed by atoms with Gasteiger partial charge in [-0.25, -0.2) is 14.8 Å². The van der Waals surface area contributed by atoms with Crippen molar-refractivity contribution < 1.29 is 14.7 Å². The number of amides is 1. The Balaban J connectivity index is 1.18. The molecule has 1 aromatic carbocycles. The van der Waals surface area contributed by atoms with Crippen LogP contribution >= 0.6 is 11.3 Å². The fraction of sp³-hybridized carbons (Fsp3) is 0.486. The highest BCUT2D eigenvalue weighted by Gasteiger charge is 2.28. The number of aromatic nitrogens is 2. The lowest BCUT2D eigenvalue weighted by molar-refractivity contribution is -0.139. The topological polar surface area (TPSA) is 92.2 Å². The van der Waals surface area contributed by atoms with Crippen molar-refractivity contribution in [3.05, 3.63) is 75.7 Å². The van der Waals surface area contributed by atoms with Crippen LogP contribution in [0.2, 0.25) is 0 Å². The number of aliphatic carboxylic acids is 1. The van der Waals surface area contributed by atoms with Gasteiger partial charge in [-0.05, 0) is 78.5 Å². The quantitative estimate of drug-likeness (QED) is 0.280. The summed E-state index contributed by atoms with van der Waals surface area (Å²) in [5, 5.41) is 12.5. The summed E-state index contributed by atoms with van der Waals surface area (Å²) in [5.74, 6) is 1.84. The third-order valence-corrected chi connectivity index (χ3v) is 10.5. The lowest BCUT2D eigenvalue weighted by Crippen LogP contribution is -2.42. The molecule has 2 N–H and O–H groups in total. The average molecular weight is 586 g/mol. The van der Waals surface area contributed by atoms with Gasteiger partial charge in [-0.15, -0.1) is 11.3 Å². The molecule has 2 aromatic heterocycles. The second kappa shape index (κ2) is 12.9. The van der Waals surface area contributed by atoms with Crippen molar-refractivity contribution >= 4 is 28.8 Å². The van der Waals surface area contributed by atoms with E-state index in [1.807, 2.05) is 42.7 Å². The third-order valence-electron chi connectivity index (χ3n) is 9.03. The zero-order valence-electron chi connectivity index (χ0n) is 25.2. The number of benzene rings is 1. The molecule has 2 aliphatic rings. The predicted octanol–water partition coefficient (Wildman–Crippen LogP) is 7.94. The van der Waals surface area contributed by atoms with Gasteiger partial charge in [0, 0.05) is 34.8 Å². The van der Waals surface area contributed by atoms with Crippen LogP contribution in [0.1, 0.15) is 98.3 Å². The summed E-state index contributed by atoms with van der Waals surface area (Å²) in [6.45, 7) is 8.65. The van der Waals surface area contributed by atoms with Crippen LogP contribution in [0, 0.1) is 17.8 Å². The van der Waals surface area contributed by atoms with Gasteiger partial charge in [0.2, 0.25) is 0 Å². The molecule has 0 spiro atoms. The van der Waals surface area contributed by atoms with E-state index >= 15 is 0 Å². The summed E-state index contributed by atoms with van der Waals surface area (Å²) < 4.78 is 0. The first-order valence-electron chi connectivity index (χ1n) is 15.3. The molecule has 1 unspecified atom stereocenters. The molecule has 3 aromatic rings. The first-order valence-corrected chi connectivity index (χ1v) is 16.1. The van der Waals surface area contributed by atoms with Gasteiger partial charge in [-0.2, -0.15) is 0 Å². The van der Waals surface area contributed by atoms with Gasteiger partial charge in [-0.1, -0.05) is 70.9 Å². The number of allylic oxidation sites excluding steroid dienone is 2. The lowest BCUT2D eigenvalue weighted by atomic mass is 9.71. The summed E-state index contributed by atoms with van der Waals surface area (Å²) in [6, 6.07) is 10.3. The Bertz CT molecular complexity index is 1410. The molecule has 5 rings (SSSR count). The number of carboxylic acid groups (broad SMARTS) is 1. The molecule has 7 heteroatoms. The van der Waals surface area contributed by atoms with Gasteiger partial charge in [-0.3, -0.25) is 4.79 Å². The molecule has 1 amide bonds. The zero-order valence-corrected chi connectivity index (χ0v) is 26.0. The number of nitrogens with zero attached hydrogens (tertiary/aromatic N) is 2. The van der Waals surface area contributed by atoms with Crippen LogP contribution in [0.4, 0.5) is 0 Å². The van der Waals surface area contributed by atoms with Crippen molar-refractivity contribution in [2.75, 3.05) is 0 Å². The summed E-state index contributed by atoms with van der Waals surface area (Å²) in [7, 11) is 0. The molecule has 6 nitrogen and oxygen atoms in total. The summed E-state index contributed by atoms with van der Waals surface area (Å²) in [5.41, 5.74) is 4.09. The van der Waals surface area contributed by atoms with E-state index in [0.717, 1.165) is 45.7 Å². The monoisotopic (exact) mass is 585 g/mol. The fourth-order valence-corrected chi connectivity index (χ4v) is 7.23. The Hall–Kier alpha value is -3.32. The van der Waals surface area contributed by atoms with E-state index in [9.17, 15) is 14.7 Å². The second-order valence-electron chi connectivity index (χ2n) is 13.3. The van der Waals surface area contributed by atoms with Crippen LogP contribution in [0.15, 0.2) is 54.9 Å². The molecular formula is C35H43N3O3S. The third kappa shape index (κ3) is 7.35. The normalized spacial score (nSPS) is 21.8. The number of rotatable bonds is 8. The Morgan fingerprint density at radius 1 is 0.952 bits per heavy atom. The molecule has 2 atom stereocenters. The first kappa shape index (κ1) is 30.1. The predicted molar refractivity (Wildman–Crippen MR) is 170 cm³/mol. The number of hydrogen-bond acceptors (Lipinski definition) is 5. The number of hydrogen-bond donors (Lipinski definition) is 2. The molecule has 1 saturated carbocycles. The summed E-state index contributed by atoms with van der Waals surface area (Å²) in [6.07, 6.45) is 15.5. The summed E-state index contributed by atoms with van der Waals surface area (Å²) in [4.78, 5) is 35.6. The van der Waals surface area contributed by atoms with Crippen LogP contribution in [-0.2, 0) is 16.6 Å². The van der Waals surface area contributed by atoms with Gasteiger partial charge in [0.15, 0.2) is 5.82 Å². The highest BCUT2D eigenvalue weighted by atomic mass is 32.1. The van der Waals surface area contributed by atoms with Crippen molar-refractivity contribution in [3.63, 3.8) is 0 Å². The molecule has 0 radical (unpaired) electrons. The Morgan fingerprint density at radius 2 is 1.64 bits per heavy atom. The van der Waals surface area contributed by atoms with Crippen molar-refractivity contribution in [3.8, 4) is 11.4 Å².